The summed E-state index contributed by atoms with van der Waals surface area (Å²) in [5, 5.41) is 16.4. The van der Waals surface area contributed by atoms with Crippen LogP contribution in [0.2, 0.25) is 0 Å². The van der Waals surface area contributed by atoms with E-state index in [-0.39, 0.29) is 16.3 Å². The highest BCUT2D eigenvalue weighted by atomic mass is 32.2. The van der Waals surface area contributed by atoms with E-state index in [1.165, 1.54) is 54.6 Å². The molecule has 11 heteroatoms. The number of nitrogens with one attached hydrogen (secondary N) is 1. The number of non-ortho nitro benzene ring substituents is 1. The van der Waals surface area contributed by atoms with Crippen molar-refractivity contribution in [2.45, 2.75) is 4.90 Å². The molecule has 0 aliphatic rings. The highest BCUT2D eigenvalue weighted by Crippen LogP contribution is 2.16. The summed E-state index contributed by atoms with van der Waals surface area (Å²) < 4.78 is 48.5. The first-order valence-corrected chi connectivity index (χ1v) is 9.74. The van der Waals surface area contributed by atoms with Crippen molar-refractivity contribution in [2.24, 2.45) is 5.14 Å². The Labute approximate surface area is 144 Å². The van der Waals surface area contributed by atoms with Crippen molar-refractivity contribution < 1.29 is 21.8 Å². The molecule has 0 radical (unpaired) electrons. The summed E-state index contributed by atoms with van der Waals surface area (Å²) in [4.78, 5) is 9.85. The molecule has 0 heterocycles. The van der Waals surface area contributed by atoms with E-state index in [1.54, 1.807) is 0 Å². The van der Waals surface area contributed by atoms with Gasteiger partial charge in [0.05, 0.1) is 15.2 Å². The van der Waals surface area contributed by atoms with Gasteiger partial charge in [-0.1, -0.05) is 0 Å². The van der Waals surface area contributed by atoms with E-state index in [1.807, 2.05) is 0 Å². The van der Waals surface area contributed by atoms with E-state index in [2.05, 4.69) is 4.72 Å². The number of nitrogens with zero attached hydrogens (tertiary/aromatic N) is 1. The fraction of sp³-hybridized carbons (Fsp3) is 0. The predicted octanol–water partition coefficient (Wildman–Crippen LogP) is 1.65. The van der Waals surface area contributed by atoms with Crippen molar-refractivity contribution in [1.29, 1.82) is 0 Å². The van der Waals surface area contributed by atoms with Gasteiger partial charge in [0.15, 0.2) is 0 Å². The molecule has 25 heavy (non-hydrogen) atoms. The first-order chi connectivity index (χ1) is 11.6. The molecule has 0 aliphatic heterocycles. The summed E-state index contributed by atoms with van der Waals surface area (Å²) in [6, 6.07) is 10.2. The summed E-state index contributed by atoms with van der Waals surface area (Å²) >= 11 is 0. The lowest BCUT2D eigenvalue weighted by molar-refractivity contribution is -0.384. The summed E-state index contributed by atoms with van der Waals surface area (Å²) in [5.41, 5.74) is 0.509. The summed E-state index contributed by atoms with van der Waals surface area (Å²) in [6.07, 6.45) is 1.27. The smallest absolute Gasteiger partial charge is 0.269 e. The molecule has 9 nitrogen and oxygen atoms in total. The highest BCUT2D eigenvalue weighted by molar-refractivity contribution is 7.95. The third kappa shape index (κ3) is 5.38. The summed E-state index contributed by atoms with van der Waals surface area (Å²) in [5.74, 6) is 0. The highest BCUT2D eigenvalue weighted by Gasteiger charge is 2.10. The largest absolute Gasteiger partial charge is 0.280 e. The molecule has 0 aromatic heterocycles. The molecule has 0 atom stereocenters. The van der Waals surface area contributed by atoms with Crippen LogP contribution in [0.15, 0.2) is 58.8 Å². The summed E-state index contributed by atoms with van der Waals surface area (Å²) in [6.45, 7) is 0. The number of sulfonamides is 2. The second-order valence-electron chi connectivity index (χ2n) is 4.87. The maximum atomic E-state index is 12.0. The molecule has 132 valence electrons. The van der Waals surface area contributed by atoms with Crippen molar-refractivity contribution in [3.05, 3.63) is 69.6 Å². The third-order valence-corrected chi connectivity index (χ3v) is 4.93. The van der Waals surface area contributed by atoms with E-state index >= 15 is 0 Å². The van der Waals surface area contributed by atoms with Crippen molar-refractivity contribution in [2.75, 3.05) is 4.72 Å². The van der Waals surface area contributed by atoms with Gasteiger partial charge < -0.3 is 0 Å². The van der Waals surface area contributed by atoms with Crippen molar-refractivity contribution >= 4 is 37.5 Å². The van der Waals surface area contributed by atoms with Gasteiger partial charge in [-0.25, -0.2) is 22.0 Å². The van der Waals surface area contributed by atoms with Crippen molar-refractivity contribution in [3.8, 4) is 0 Å². The molecule has 2 aromatic rings. The number of hydrogen-bond donors (Lipinski definition) is 2. The Morgan fingerprint density at radius 1 is 0.960 bits per heavy atom. The zero-order valence-electron chi connectivity index (χ0n) is 12.6. The maximum absolute atomic E-state index is 12.0. The Bertz CT molecular complexity index is 1010. The van der Waals surface area contributed by atoms with Crippen LogP contribution in [-0.4, -0.2) is 21.8 Å². The number of hydrogen-bond acceptors (Lipinski definition) is 6. The van der Waals surface area contributed by atoms with Gasteiger partial charge in [0, 0.05) is 17.8 Å². The Kier molecular flexibility index (Phi) is 5.21. The molecule has 3 N–H and O–H groups in total. The van der Waals surface area contributed by atoms with Crippen LogP contribution < -0.4 is 9.86 Å². The van der Waals surface area contributed by atoms with E-state index in [0.717, 1.165) is 5.41 Å². The van der Waals surface area contributed by atoms with Gasteiger partial charge in [-0.05, 0) is 48.0 Å². The van der Waals surface area contributed by atoms with E-state index in [4.69, 9.17) is 5.14 Å². The van der Waals surface area contributed by atoms with Crippen molar-refractivity contribution in [3.63, 3.8) is 0 Å². The molecular formula is C14H13N3O6S2. The zero-order chi connectivity index (χ0) is 18.7. The molecule has 0 amide bonds. The number of nitro benzene ring substituents is 1. The minimum Gasteiger partial charge on any atom is -0.280 e. The van der Waals surface area contributed by atoms with Crippen LogP contribution >= 0.6 is 0 Å². The summed E-state index contributed by atoms with van der Waals surface area (Å²) in [7, 11) is -7.71. The molecule has 0 bridgehead atoms. The standard InChI is InChI=1S/C14H13N3O6S2/c15-25(22,23)14-7-3-12(4-8-14)16-24(20,21)10-9-11-1-5-13(6-2-11)17(18)19/h1-10,16H,(H2,15,22,23)/b10-9+. The number of primary sulfonamides is 1. The van der Waals surface area contributed by atoms with Gasteiger partial charge in [-0.15, -0.1) is 0 Å². The second kappa shape index (κ2) is 7.01. The van der Waals surface area contributed by atoms with Crippen LogP contribution in [0.5, 0.6) is 0 Å². The molecule has 0 fully saturated rings. The van der Waals surface area contributed by atoms with E-state index in [0.29, 0.717) is 5.56 Å². The van der Waals surface area contributed by atoms with E-state index in [9.17, 15) is 26.9 Å². The number of rotatable bonds is 6. The van der Waals surface area contributed by atoms with Crippen LogP contribution in [0.3, 0.4) is 0 Å². The number of nitro groups is 1. The monoisotopic (exact) mass is 383 g/mol. The second-order valence-corrected chi connectivity index (χ2v) is 8.00. The molecule has 0 spiro atoms. The Hall–Kier alpha value is -2.76. The predicted molar refractivity (Wildman–Crippen MR) is 92.5 cm³/mol. The molecule has 2 rings (SSSR count). The molecule has 0 saturated heterocycles. The number of benzene rings is 2. The van der Waals surface area contributed by atoms with Crippen LogP contribution in [0.1, 0.15) is 5.56 Å². The fourth-order valence-electron chi connectivity index (χ4n) is 1.79. The average Bonchev–Trinajstić information content (AvgIpc) is 2.53. The van der Waals surface area contributed by atoms with Gasteiger partial charge in [-0.2, -0.15) is 0 Å². The zero-order valence-corrected chi connectivity index (χ0v) is 14.2. The first kappa shape index (κ1) is 18.6. The lowest BCUT2D eigenvalue weighted by atomic mass is 10.2. The Balaban J connectivity index is 2.12. The van der Waals surface area contributed by atoms with Gasteiger partial charge >= 0.3 is 0 Å². The lowest BCUT2D eigenvalue weighted by Crippen LogP contribution is -2.12. The third-order valence-electron chi connectivity index (χ3n) is 2.99. The fourth-order valence-corrected chi connectivity index (χ4v) is 3.17. The lowest BCUT2D eigenvalue weighted by Gasteiger charge is -2.05. The Morgan fingerprint density at radius 2 is 1.52 bits per heavy atom. The molecule has 2 aromatic carbocycles. The SMILES string of the molecule is NS(=O)(=O)c1ccc(NS(=O)(=O)/C=C/c2ccc([N+](=O)[O-])cc2)cc1. The minimum absolute atomic E-state index is 0.104. The molecule has 0 saturated carbocycles. The molecule has 0 unspecified atom stereocenters. The van der Waals surface area contributed by atoms with Crippen LogP contribution in [-0.2, 0) is 20.0 Å². The van der Waals surface area contributed by atoms with Gasteiger partial charge in [0.2, 0.25) is 10.0 Å². The van der Waals surface area contributed by atoms with Crippen LogP contribution in [0.4, 0.5) is 11.4 Å². The van der Waals surface area contributed by atoms with Crippen LogP contribution in [0, 0.1) is 10.1 Å². The van der Waals surface area contributed by atoms with Crippen molar-refractivity contribution in [1.82, 2.24) is 0 Å². The van der Waals surface area contributed by atoms with Gasteiger partial charge in [0.25, 0.3) is 15.7 Å². The minimum atomic E-state index is -3.86. The van der Waals surface area contributed by atoms with E-state index < -0.39 is 25.0 Å². The quantitative estimate of drug-likeness (QED) is 0.572. The topological polar surface area (TPSA) is 149 Å². The van der Waals surface area contributed by atoms with Gasteiger partial charge in [-0.3, -0.25) is 14.8 Å². The Morgan fingerprint density at radius 3 is 2.00 bits per heavy atom. The first-order valence-electron chi connectivity index (χ1n) is 6.65. The molecule has 0 aliphatic carbocycles. The molecular weight excluding hydrogens is 370 g/mol. The normalized spacial score (nSPS) is 12.2. The maximum Gasteiger partial charge on any atom is 0.269 e. The van der Waals surface area contributed by atoms with Gasteiger partial charge in [0.1, 0.15) is 0 Å². The van der Waals surface area contributed by atoms with Crippen LogP contribution in [0.25, 0.3) is 6.08 Å². The average molecular weight is 383 g/mol. The number of anilines is 1. The number of nitrogens with two attached hydrogens (primary N) is 1.